The molecular weight excluding hydrogens is 208 g/mol. The number of fused-ring (bicyclic) bond motifs is 1. The number of aromatic nitrogens is 1. The van der Waals surface area contributed by atoms with Crippen LogP contribution in [0, 0.1) is 0 Å². The summed E-state index contributed by atoms with van der Waals surface area (Å²) >= 11 is 0. The van der Waals surface area contributed by atoms with E-state index in [0.29, 0.717) is 12.0 Å². The van der Waals surface area contributed by atoms with Crippen LogP contribution in [0.1, 0.15) is 61.4 Å². The van der Waals surface area contributed by atoms with E-state index in [4.69, 9.17) is 10.7 Å². The molecular formula is C15H22N2. The van der Waals surface area contributed by atoms with Crippen molar-refractivity contribution in [3.8, 4) is 0 Å². The van der Waals surface area contributed by atoms with Gasteiger partial charge in [0.2, 0.25) is 0 Å². The maximum Gasteiger partial charge on any atom is 0.0455 e. The third kappa shape index (κ3) is 2.37. The summed E-state index contributed by atoms with van der Waals surface area (Å²) in [6, 6.07) is 4.84. The van der Waals surface area contributed by atoms with Gasteiger partial charge in [-0.3, -0.25) is 4.98 Å². The maximum absolute atomic E-state index is 6.00. The minimum absolute atomic E-state index is 0.307. The standard InChI is InChI=1S/C15H22N2/c16-13-9-12-7-8-14(17-15(12)10-13)11-5-3-1-2-4-6-11/h7-8,11,13H,1-6,9-10,16H2. The molecule has 17 heavy (non-hydrogen) atoms. The Morgan fingerprint density at radius 2 is 1.76 bits per heavy atom. The molecule has 2 aliphatic rings. The van der Waals surface area contributed by atoms with Gasteiger partial charge in [0.15, 0.2) is 0 Å². The maximum atomic E-state index is 6.00. The first-order valence-corrected chi connectivity index (χ1v) is 7.07. The van der Waals surface area contributed by atoms with E-state index in [1.54, 1.807) is 0 Å². The highest BCUT2D eigenvalue weighted by Gasteiger charge is 2.22. The number of hydrogen-bond donors (Lipinski definition) is 1. The number of rotatable bonds is 1. The third-order valence-electron chi connectivity index (χ3n) is 4.30. The van der Waals surface area contributed by atoms with E-state index >= 15 is 0 Å². The summed E-state index contributed by atoms with van der Waals surface area (Å²) in [5, 5.41) is 0. The lowest BCUT2D eigenvalue weighted by Crippen LogP contribution is -2.19. The summed E-state index contributed by atoms with van der Waals surface area (Å²) < 4.78 is 0. The molecule has 0 radical (unpaired) electrons. The molecule has 1 fully saturated rings. The van der Waals surface area contributed by atoms with Gasteiger partial charge in [-0.25, -0.2) is 0 Å². The van der Waals surface area contributed by atoms with Crippen LogP contribution in [0.3, 0.4) is 0 Å². The zero-order chi connectivity index (χ0) is 11.7. The van der Waals surface area contributed by atoms with Gasteiger partial charge >= 0.3 is 0 Å². The minimum Gasteiger partial charge on any atom is -0.327 e. The largest absolute Gasteiger partial charge is 0.327 e. The van der Waals surface area contributed by atoms with Gasteiger partial charge in [-0.15, -0.1) is 0 Å². The quantitative estimate of drug-likeness (QED) is 0.753. The van der Waals surface area contributed by atoms with Crippen LogP contribution in [0.5, 0.6) is 0 Å². The van der Waals surface area contributed by atoms with Crippen LogP contribution in [-0.2, 0) is 12.8 Å². The first-order chi connectivity index (χ1) is 8.33. The predicted molar refractivity (Wildman–Crippen MR) is 70.1 cm³/mol. The monoisotopic (exact) mass is 230 g/mol. The minimum atomic E-state index is 0.307. The van der Waals surface area contributed by atoms with Gasteiger partial charge in [0.25, 0.3) is 0 Å². The van der Waals surface area contributed by atoms with Crippen LogP contribution in [0.15, 0.2) is 12.1 Å². The van der Waals surface area contributed by atoms with Crippen molar-refractivity contribution in [3.63, 3.8) is 0 Å². The highest BCUT2D eigenvalue weighted by molar-refractivity contribution is 5.30. The number of nitrogens with zero attached hydrogens (tertiary/aromatic N) is 1. The second-order valence-electron chi connectivity index (χ2n) is 5.70. The fourth-order valence-electron chi connectivity index (χ4n) is 3.32. The predicted octanol–water partition coefficient (Wildman–Crippen LogP) is 2.95. The van der Waals surface area contributed by atoms with Gasteiger partial charge in [-0.05, 0) is 30.9 Å². The summed E-state index contributed by atoms with van der Waals surface area (Å²) in [5.41, 5.74) is 9.99. The van der Waals surface area contributed by atoms with Crippen molar-refractivity contribution in [1.82, 2.24) is 4.98 Å². The molecule has 2 heteroatoms. The lowest BCUT2D eigenvalue weighted by Gasteiger charge is -2.14. The molecule has 0 amide bonds. The molecule has 1 unspecified atom stereocenters. The van der Waals surface area contributed by atoms with E-state index in [-0.39, 0.29) is 0 Å². The van der Waals surface area contributed by atoms with Gasteiger partial charge < -0.3 is 5.73 Å². The topological polar surface area (TPSA) is 38.9 Å². The Bertz CT molecular complexity index is 392. The Morgan fingerprint density at radius 3 is 2.53 bits per heavy atom. The van der Waals surface area contributed by atoms with Crippen LogP contribution in [0.25, 0.3) is 0 Å². The van der Waals surface area contributed by atoms with Crippen LogP contribution < -0.4 is 5.73 Å². The molecule has 0 aromatic carbocycles. The van der Waals surface area contributed by atoms with E-state index in [9.17, 15) is 0 Å². The molecule has 2 aliphatic carbocycles. The number of pyridine rings is 1. The van der Waals surface area contributed by atoms with Crippen molar-refractivity contribution in [2.75, 3.05) is 0 Å². The Labute approximate surface area is 104 Å². The third-order valence-corrected chi connectivity index (χ3v) is 4.30. The molecule has 1 aromatic heterocycles. The highest BCUT2D eigenvalue weighted by atomic mass is 14.8. The molecule has 0 bridgehead atoms. The number of hydrogen-bond acceptors (Lipinski definition) is 2. The lowest BCUT2D eigenvalue weighted by atomic mass is 9.95. The molecule has 0 aliphatic heterocycles. The van der Waals surface area contributed by atoms with Crippen LogP contribution in [0.4, 0.5) is 0 Å². The summed E-state index contributed by atoms with van der Waals surface area (Å²) in [5.74, 6) is 0.708. The van der Waals surface area contributed by atoms with Gasteiger partial charge in [0.05, 0.1) is 0 Å². The fraction of sp³-hybridized carbons (Fsp3) is 0.667. The highest BCUT2D eigenvalue weighted by Crippen LogP contribution is 2.32. The van der Waals surface area contributed by atoms with Crippen molar-refractivity contribution in [2.45, 2.75) is 63.3 Å². The summed E-state index contributed by atoms with van der Waals surface area (Å²) in [6.45, 7) is 0. The van der Waals surface area contributed by atoms with Crippen LogP contribution in [0.2, 0.25) is 0 Å². The van der Waals surface area contributed by atoms with Crippen molar-refractivity contribution in [1.29, 1.82) is 0 Å². The van der Waals surface area contributed by atoms with Crippen LogP contribution >= 0.6 is 0 Å². The SMILES string of the molecule is NC1Cc2ccc(C3CCCCCC3)nc2C1. The van der Waals surface area contributed by atoms with Gasteiger partial charge in [-0.2, -0.15) is 0 Å². The first-order valence-electron chi connectivity index (χ1n) is 7.07. The van der Waals surface area contributed by atoms with E-state index in [2.05, 4.69) is 12.1 Å². The van der Waals surface area contributed by atoms with Crippen LogP contribution in [-0.4, -0.2) is 11.0 Å². The first kappa shape index (κ1) is 11.2. The molecule has 1 heterocycles. The summed E-state index contributed by atoms with van der Waals surface area (Å²) in [6.07, 6.45) is 10.2. The smallest absolute Gasteiger partial charge is 0.0455 e. The average molecular weight is 230 g/mol. The molecule has 0 spiro atoms. The van der Waals surface area contributed by atoms with Gasteiger partial charge in [0, 0.05) is 29.8 Å². The zero-order valence-electron chi connectivity index (χ0n) is 10.5. The van der Waals surface area contributed by atoms with Crippen molar-refractivity contribution in [2.24, 2.45) is 5.73 Å². The van der Waals surface area contributed by atoms with Gasteiger partial charge in [-0.1, -0.05) is 31.7 Å². The lowest BCUT2D eigenvalue weighted by molar-refractivity contribution is 0.575. The average Bonchev–Trinajstić information content (AvgIpc) is 2.53. The van der Waals surface area contributed by atoms with E-state index in [1.807, 2.05) is 0 Å². The molecule has 0 saturated heterocycles. The second-order valence-corrected chi connectivity index (χ2v) is 5.70. The molecule has 1 atom stereocenters. The Kier molecular flexibility index (Phi) is 3.15. The zero-order valence-corrected chi connectivity index (χ0v) is 10.5. The molecule has 92 valence electrons. The Balaban J connectivity index is 1.81. The Morgan fingerprint density at radius 1 is 1.00 bits per heavy atom. The molecule has 2 nitrogen and oxygen atoms in total. The van der Waals surface area contributed by atoms with E-state index in [0.717, 1.165) is 12.8 Å². The molecule has 3 rings (SSSR count). The fourth-order valence-corrected chi connectivity index (χ4v) is 3.32. The van der Waals surface area contributed by atoms with Crippen molar-refractivity contribution in [3.05, 3.63) is 29.1 Å². The Hall–Kier alpha value is -0.890. The van der Waals surface area contributed by atoms with Crippen molar-refractivity contribution >= 4 is 0 Å². The molecule has 1 saturated carbocycles. The summed E-state index contributed by atoms with van der Waals surface area (Å²) in [4.78, 5) is 4.89. The summed E-state index contributed by atoms with van der Waals surface area (Å²) in [7, 11) is 0. The molecule has 2 N–H and O–H groups in total. The van der Waals surface area contributed by atoms with E-state index < -0.39 is 0 Å². The second kappa shape index (κ2) is 4.77. The van der Waals surface area contributed by atoms with Crippen molar-refractivity contribution < 1.29 is 0 Å². The normalized spacial score (nSPS) is 25.6. The van der Waals surface area contributed by atoms with Gasteiger partial charge in [0.1, 0.15) is 0 Å². The number of nitrogens with two attached hydrogens (primary N) is 1. The molecule has 1 aromatic rings. The van der Waals surface area contributed by atoms with E-state index in [1.165, 1.54) is 55.5 Å².